The highest BCUT2D eigenvalue weighted by atomic mass is 16.3. The molecule has 0 aromatic heterocycles. The van der Waals surface area contributed by atoms with Crippen LogP contribution in [0.25, 0.3) is 0 Å². The largest absolute Gasteiger partial charge is 0.507 e. The second-order valence-corrected chi connectivity index (χ2v) is 1.63. The van der Waals surface area contributed by atoms with Crippen molar-refractivity contribution in [2.75, 3.05) is 0 Å². The highest BCUT2D eigenvalue weighted by Gasteiger charge is 1.93. The molecule has 1 aromatic carbocycles. The summed E-state index contributed by atoms with van der Waals surface area (Å²) in [7, 11) is 0. The smallest absolute Gasteiger partial charge is 0.133 e. The van der Waals surface area contributed by atoms with E-state index in [0.29, 0.717) is 5.56 Å². The molecule has 0 bridgehead atoms. The third kappa shape index (κ3) is 1.47. The Kier molecular flexibility index (Phi) is 2.95. The highest BCUT2D eigenvalue weighted by molar-refractivity contribution is 5.41. The van der Waals surface area contributed by atoms with Gasteiger partial charge in [-0.1, -0.05) is 12.1 Å². The van der Waals surface area contributed by atoms with Crippen LogP contribution in [0.4, 0.5) is 0 Å². The van der Waals surface area contributed by atoms with Crippen molar-refractivity contribution in [2.24, 2.45) is 0 Å². The topological polar surface area (TPSA) is 79.0 Å². The van der Waals surface area contributed by atoms with Crippen LogP contribution in [-0.2, 0) is 0 Å². The van der Waals surface area contributed by atoms with Gasteiger partial charge >= 0.3 is 0 Å². The van der Waals surface area contributed by atoms with Gasteiger partial charge in [-0.3, -0.25) is 0 Å². The average molecular weight is 136 g/mol. The number of rotatable bonds is 0. The summed E-state index contributed by atoms with van der Waals surface area (Å²) in [4.78, 5) is 0. The number of para-hydroxylation sites is 1. The molecule has 52 valence electrons. The van der Waals surface area contributed by atoms with E-state index in [4.69, 9.17) is 10.4 Å². The van der Waals surface area contributed by atoms with E-state index in [0.717, 1.165) is 0 Å². The molecule has 1 rings (SSSR count). The molecular weight excluding hydrogens is 128 g/mol. The predicted molar refractivity (Wildman–Crippen MR) is 37.8 cm³/mol. The van der Waals surface area contributed by atoms with Crippen LogP contribution in [0.2, 0.25) is 0 Å². The van der Waals surface area contributed by atoms with Gasteiger partial charge in [0.1, 0.15) is 11.8 Å². The van der Waals surface area contributed by atoms with E-state index < -0.39 is 0 Å². The molecule has 0 aliphatic rings. The molecule has 0 amide bonds. The molecule has 0 saturated heterocycles. The number of hydrogen-bond acceptors (Lipinski definition) is 3. The zero-order valence-electron chi connectivity index (χ0n) is 5.41. The van der Waals surface area contributed by atoms with E-state index in [2.05, 4.69) is 0 Å². The van der Waals surface area contributed by atoms with Crippen molar-refractivity contribution in [2.45, 2.75) is 0 Å². The number of benzene rings is 1. The fourth-order valence-electron chi connectivity index (χ4n) is 0.568. The van der Waals surface area contributed by atoms with Crippen LogP contribution in [0.15, 0.2) is 24.3 Å². The summed E-state index contributed by atoms with van der Waals surface area (Å²) in [5, 5.41) is 17.2. The minimum Gasteiger partial charge on any atom is -0.507 e. The van der Waals surface area contributed by atoms with Gasteiger partial charge in [0.05, 0.1) is 5.56 Å². The van der Waals surface area contributed by atoms with Crippen molar-refractivity contribution in [1.29, 1.82) is 5.26 Å². The molecule has 4 N–H and O–H groups in total. The van der Waals surface area contributed by atoms with E-state index in [1.54, 1.807) is 18.2 Å². The third-order valence-electron chi connectivity index (χ3n) is 1.02. The maximum absolute atomic E-state index is 8.89. The molecule has 1 aromatic rings. The fourth-order valence-corrected chi connectivity index (χ4v) is 0.568. The predicted octanol–water partition coefficient (Wildman–Crippen LogP) is 1.43. The van der Waals surface area contributed by atoms with Crippen molar-refractivity contribution < 1.29 is 5.11 Å². The molecule has 0 fully saturated rings. The second-order valence-electron chi connectivity index (χ2n) is 1.63. The van der Waals surface area contributed by atoms with E-state index in [-0.39, 0.29) is 11.9 Å². The lowest BCUT2D eigenvalue weighted by Gasteiger charge is -1.89. The number of aromatic hydroxyl groups is 1. The maximum Gasteiger partial charge on any atom is 0.133 e. The van der Waals surface area contributed by atoms with Crippen LogP contribution >= 0.6 is 0 Å². The van der Waals surface area contributed by atoms with Crippen molar-refractivity contribution in [3.63, 3.8) is 0 Å². The van der Waals surface area contributed by atoms with Crippen LogP contribution in [0.1, 0.15) is 5.56 Å². The zero-order chi connectivity index (χ0) is 6.69. The van der Waals surface area contributed by atoms with Gasteiger partial charge in [-0.25, -0.2) is 0 Å². The number of nitriles is 1. The molecule has 3 nitrogen and oxygen atoms in total. The number of nitrogens with zero attached hydrogens (tertiary/aromatic N) is 1. The third-order valence-corrected chi connectivity index (χ3v) is 1.02. The first kappa shape index (κ1) is 8.47. The van der Waals surface area contributed by atoms with E-state index in [1.807, 2.05) is 6.07 Å². The van der Waals surface area contributed by atoms with Crippen LogP contribution in [0.5, 0.6) is 5.75 Å². The summed E-state index contributed by atoms with van der Waals surface area (Å²) in [5.74, 6) is 0.0417. The normalized spacial score (nSPS) is 7.50. The van der Waals surface area contributed by atoms with Crippen molar-refractivity contribution in [1.82, 2.24) is 6.15 Å². The number of phenols is 1. The monoisotopic (exact) mass is 136 g/mol. The summed E-state index contributed by atoms with van der Waals surface area (Å²) in [6, 6.07) is 8.28. The molecular formula is C7H8N2O. The summed E-state index contributed by atoms with van der Waals surface area (Å²) < 4.78 is 0. The SMILES string of the molecule is N.N#Cc1ccccc1O. The molecule has 0 aliphatic heterocycles. The first-order chi connectivity index (χ1) is 4.34. The zero-order valence-corrected chi connectivity index (χ0v) is 5.41. The Labute approximate surface area is 59.1 Å². The molecule has 0 spiro atoms. The van der Waals surface area contributed by atoms with Gasteiger partial charge < -0.3 is 11.3 Å². The van der Waals surface area contributed by atoms with Gasteiger partial charge in [-0.05, 0) is 12.1 Å². The van der Waals surface area contributed by atoms with E-state index in [1.165, 1.54) is 6.07 Å². The summed E-state index contributed by atoms with van der Waals surface area (Å²) >= 11 is 0. The molecule has 0 saturated carbocycles. The van der Waals surface area contributed by atoms with Crippen LogP contribution in [0.3, 0.4) is 0 Å². The van der Waals surface area contributed by atoms with Crippen LogP contribution < -0.4 is 6.15 Å². The minimum atomic E-state index is 0. The van der Waals surface area contributed by atoms with Gasteiger partial charge in [0, 0.05) is 0 Å². The first-order valence-electron chi connectivity index (χ1n) is 2.52. The summed E-state index contributed by atoms with van der Waals surface area (Å²) in [6.07, 6.45) is 0. The number of phenolic OH excluding ortho intramolecular Hbond substituents is 1. The lowest BCUT2D eigenvalue weighted by Crippen LogP contribution is -1.71. The van der Waals surface area contributed by atoms with Gasteiger partial charge in [0.25, 0.3) is 0 Å². The maximum atomic E-state index is 8.89. The van der Waals surface area contributed by atoms with Crippen molar-refractivity contribution in [3.8, 4) is 11.8 Å². The Hall–Kier alpha value is -1.53. The quantitative estimate of drug-likeness (QED) is 0.566. The van der Waals surface area contributed by atoms with Crippen molar-refractivity contribution >= 4 is 0 Å². The second kappa shape index (κ2) is 3.49. The summed E-state index contributed by atoms with van der Waals surface area (Å²) in [6.45, 7) is 0. The van der Waals surface area contributed by atoms with Gasteiger partial charge in [0.2, 0.25) is 0 Å². The van der Waals surface area contributed by atoms with Crippen LogP contribution in [0, 0.1) is 11.3 Å². The Morgan fingerprint density at radius 1 is 1.30 bits per heavy atom. The number of hydrogen-bond donors (Lipinski definition) is 2. The average Bonchev–Trinajstić information content (AvgIpc) is 1.89. The molecule has 0 unspecified atom stereocenters. The molecule has 0 aliphatic carbocycles. The Balaban J connectivity index is 0.000000810. The fraction of sp³-hybridized carbons (Fsp3) is 0. The van der Waals surface area contributed by atoms with Crippen molar-refractivity contribution in [3.05, 3.63) is 29.8 Å². The molecule has 0 atom stereocenters. The van der Waals surface area contributed by atoms with E-state index in [9.17, 15) is 0 Å². The molecule has 0 heterocycles. The summed E-state index contributed by atoms with van der Waals surface area (Å²) in [5.41, 5.74) is 0.317. The lowest BCUT2D eigenvalue weighted by atomic mass is 10.2. The Bertz CT molecular complexity index is 252. The first-order valence-corrected chi connectivity index (χ1v) is 2.52. The lowest BCUT2D eigenvalue weighted by molar-refractivity contribution is 0.473. The molecule has 0 radical (unpaired) electrons. The van der Waals surface area contributed by atoms with E-state index >= 15 is 0 Å². The van der Waals surface area contributed by atoms with Gasteiger partial charge in [-0.15, -0.1) is 0 Å². The van der Waals surface area contributed by atoms with Crippen LogP contribution in [-0.4, -0.2) is 5.11 Å². The van der Waals surface area contributed by atoms with Gasteiger partial charge in [0.15, 0.2) is 0 Å². The standard InChI is InChI=1S/C7H5NO.H3N/c8-5-6-3-1-2-4-7(6)9;/h1-4,9H;1H3. The minimum absolute atomic E-state index is 0. The Morgan fingerprint density at radius 3 is 2.30 bits per heavy atom. The molecule has 3 heteroatoms. The van der Waals surface area contributed by atoms with Gasteiger partial charge in [-0.2, -0.15) is 5.26 Å². The Morgan fingerprint density at radius 2 is 1.90 bits per heavy atom. The highest BCUT2D eigenvalue weighted by Crippen LogP contribution is 2.12. The molecule has 10 heavy (non-hydrogen) atoms.